The average molecular weight is 235 g/mol. The van der Waals surface area contributed by atoms with Crippen LogP contribution < -0.4 is 10.6 Å². The molecule has 0 amide bonds. The van der Waals surface area contributed by atoms with Gasteiger partial charge >= 0.3 is 0 Å². The van der Waals surface area contributed by atoms with Gasteiger partial charge in [0.25, 0.3) is 0 Å². The molecule has 1 aliphatic rings. The van der Waals surface area contributed by atoms with Gasteiger partial charge in [-0.1, -0.05) is 13.8 Å². The lowest BCUT2D eigenvalue weighted by Crippen LogP contribution is -2.37. The maximum Gasteiger partial charge on any atom is 0.149 e. The van der Waals surface area contributed by atoms with Gasteiger partial charge in [-0.2, -0.15) is 0 Å². The topological polar surface area (TPSA) is 58.3 Å². The molecule has 1 unspecified atom stereocenters. The molecule has 2 heterocycles. The molecule has 1 atom stereocenters. The van der Waals surface area contributed by atoms with Crippen molar-refractivity contribution in [1.82, 2.24) is 14.9 Å². The maximum absolute atomic E-state index is 5.66. The zero-order chi connectivity index (χ0) is 12.3. The molecule has 0 aromatic carbocycles. The van der Waals surface area contributed by atoms with E-state index >= 15 is 0 Å². The molecule has 5 heteroatoms. The lowest BCUT2D eigenvalue weighted by molar-refractivity contribution is 0.232. The average Bonchev–Trinajstić information content (AvgIpc) is 2.80. The van der Waals surface area contributed by atoms with Crippen molar-refractivity contribution in [3.05, 3.63) is 12.4 Å². The summed E-state index contributed by atoms with van der Waals surface area (Å²) >= 11 is 0. The SMILES string of the molecule is CCN(CC)C1CCN(c2cncc(N)n2)C1. The van der Waals surface area contributed by atoms with Crippen molar-refractivity contribution in [1.29, 1.82) is 0 Å². The predicted octanol–water partition coefficient (Wildman–Crippen LogP) is 0.979. The van der Waals surface area contributed by atoms with Crippen LogP contribution in [0.5, 0.6) is 0 Å². The standard InChI is InChI=1S/C12H21N5/c1-3-16(4-2)10-5-6-17(9-10)12-8-14-7-11(13)15-12/h7-8,10H,3-6,9H2,1-2H3,(H2,13,15). The van der Waals surface area contributed by atoms with Crippen molar-refractivity contribution in [2.24, 2.45) is 0 Å². The van der Waals surface area contributed by atoms with Gasteiger partial charge < -0.3 is 10.6 Å². The molecule has 2 rings (SSSR count). The molecule has 0 bridgehead atoms. The van der Waals surface area contributed by atoms with E-state index in [0.29, 0.717) is 11.9 Å². The third-order valence-electron chi connectivity index (χ3n) is 3.46. The summed E-state index contributed by atoms with van der Waals surface area (Å²) in [5.41, 5.74) is 5.66. The summed E-state index contributed by atoms with van der Waals surface area (Å²) in [6.45, 7) is 8.72. The van der Waals surface area contributed by atoms with E-state index in [2.05, 4.69) is 33.6 Å². The van der Waals surface area contributed by atoms with E-state index in [1.165, 1.54) is 6.42 Å². The molecule has 1 aromatic rings. The Bertz CT molecular complexity index is 364. The number of rotatable bonds is 4. The Hall–Kier alpha value is -1.36. The third kappa shape index (κ3) is 2.66. The minimum atomic E-state index is 0.494. The summed E-state index contributed by atoms with van der Waals surface area (Å²) < 4.78 is 0. The molecule has 0 aliphatic carbocycles. The predicted molar refractivity (Wildman–Crippen MR) is 70.0 cm³/mol. The van der Waals surface area contributed by atoms with Crippen molar-refractivity contribution < 1.29 is 0 Å². The summed E-state index contributed by atoms with van der Waals surface area (Å²) in [5, 5.41) is 0. The van der Waals surface area contributed by atoms with Gasteiger partial charge in [0.2, 0.25) is 0 Å². The van der Waals surface area contributed by atoms with E-state index in [9.17, 15) is 0 Å². The summed E-state index contributed by atoms with van der Waals surface area (Å²) in [4.78, 5) is 13.2. The van der Waals surface area contributed by atoms with Crippen LogP contribution in [0, 0.1) is 0 Å². The second-order valence-electron chi connectivity index (χ2n) is 4.41. The minimum Gasteiger partial charge on any atom is -0.382 e. The molecule has 0 spiro atoms. The number of aromatic nitrogens is 2. The monoisotopic (exact) mass is 235 g/mol. The quantitative estimate of drug-likeness (QED) is 0.843. The molecule has 1 aromatic heterocycles. The Kier molecular flexibility index (Phi) is 3.78. The molecule has 1 fully saturated rings. The van der Waals surface area contributed by atoms with Crippen LogP contribution in [0.4, 0.5) is 11.6 Å². The number of hydrogen-bond donors (Lipinski definition) is 1. The smallest absolute Gasteiger partial charge is 0.149 e. The van der Waals surface area contributed by atoms with Crippen LogP contribution in [0.15, 0.2) is 12.4 Å². The highest BCUT2D eigenvalue weighted by atomic mass is 15.3. The zero-order valence-corrected chi connectivity index (χ0v) is 10.6. The Balaban J connectivity index is 2.02. The molecule has 1 saturated heterocycles. The highest BCUT2D eigenvalue weighted by Crippen LogP contribution is 2.21. The first-order valence-corrected chi connectivity index (χ1v) is 6.31. The van der Waals surface area contributed by atoms with Gasteiger partial charge in [-0.05, 0) is 19.5 Å². The van der Waals surface area contributed by atoms with Crippen LogP contribution >= 0.6 is 0 Å². The highest BCUT2D eigenvalue weighted by molar-refractivity contribution is 5.42. The fraction of sp³-hybridized carbons (Fsp3) is 0.667. The number of nitrogen functional groups attached to an aromatic ring is 1. The van der Waals surface area contributed by atoms with Crippen molar-refractivity contribution in [3.8, 4) is 0 Å². The second kappa shape index (κ2) is 5.31. The fourth-order valence-electron chi connectivity index (χ4n) is 2.51. The van der Waals surface area contributed by atoms with E-state index in [1.54, 1.807) is 12.4 Å². The Morgan fingerprint density at radius 2 is 2.18 bits per heavy atom. The molecule has 17 heavy (non-hydrogen) atoms. The molecule has 1 aliphatic heterocycles. The summed E-state index contributed by atoms with van der Waals surface area (Å²) in [6.07, 6.45) is 4.57. The van der Waals surface area contributed by atoms with Crippen molar-refractivity contribution >= 4 is 11.6 Å². The first kappa shape index (κ1) is 12.1. The van der Waals surface area contributed by atoms with E-state index < -0.39 is 0 Å². The largest absolute Gasteiger partial charge is 0.382 e. The van der Waals surface area contributed by atoms with Gasteiger partial charge in [-0.25, -0.2) is 4.98 Å². The Morgan fingerprint density at radius 3 is 2.82 bits per heavy atom. The molecule has 0 radical (unpaired) electrons. The first-order valence-electron chi connectivity index (χ1n) is 6.31. The van der Waals surface area contributed by atoms with E-state index in [-0.39, 0.29) is 0 Å². The number of anilines is 2. The fourth-order valence-corrected chi connectivity index (χ4v) is 2.51. The molecular weight excluding hydrogens is 214 g/mol. The van der Waals surface area contributed by atoms with Gasteiger partial charge in [0, 0.05) is 19.1 Å². The van der Waals surface area contributed by atoms with E-state index in [1.807, 2.05) is 0 Å². The van der Waals surface area contributed by atoms with E-state index in [0.717, 1.165) is 32.0 Å². The van der Waals surface area contributed by atoms with Gasteiger partial charge in [-0.15, -0.1) is 0 Å². The number of nitrogens with two attached hydrogens (primary N) is 1. The molecule has 5 nitrogen and oxygen atoms in total. The summed E-state index contributed by atoms with van der Waals surface area (Å²) in [7, 11) is 0. The molecular formula is C12H21N5. The summed E-state index contributed by atoms with van der Waals surface area (Å²) in [5.74, 6) is 1.40. The van der Waals surface area contributed by atoms with Gasteiger partial charge in [0.1, 0.15) is 11.6 Å². The second-order valence-corrected chi connectivity index (χ2v) is 4.41. The highest BCUT2D eigenvalue weighted by Gasteiger charge is 2.26. The van der Waals surface area contributed by atoms with Crippen LogP contribution in [0.2, 0.25) is 0 Å². The molecule has 2 N–H and O–H groups in total. The van der Waals surface area contributed by atoms with E-state index in [4.69, 9.17) is 5.73 Å². The maximum atomic E-state index is 5.66. The number of hydrogen-bond acceptors (Lipinski definition) is 5. The van der Waals surface area contributed by atoms with Crippen molar-refractivity contribution in [2.45, 2.75) is 26.3 Å². The Morgan fingerprint density at radius 1 is 1.41 bits per heavy atom. The van der Waals surface area contributed by atoms with Gasteiger partial charge in [0.15, 0.2) is 0 Å². The summed E-state index contributed by atoms with van der Waals surface area (Å²) in [6, 6.07) is 0.633. The first-order chi connectivity index (χ1) is 8.24. The van der Waals surface area contributed by atoms with Crippen LogP contribution in [0.3, 0.4) is 0 Å². The van der Waals surface area contributed by atoms with Gasteiger partial charge in [-0.3, -0.25) is 9.88 Å². The zero-order valence-electron chi connectivity index (χ0n) is 10.6. The van der Waals surface area contributed by atoms with Gasteiger partial charge in [0.05, 0.1) is 12.4 Å². The third-order valence-corrected chi connectivity index (χ3v) is 3.46. The van der Waals surface area contributed by atoms with Crippen LogP contribution in [0.1, 0.15) is 20.3 Å². The number of likely N-dealkylation sites (N-methyl/N-ethyl adjacent to an activating group) is 1. The van der Waals surface area contributed by atoms with Crippen LogP contribution in [-0.2, 0) is 0 Å². The number of nitrogens with zero attached hydrogens (tertiary/aromatic N) is 4. The molecule has 94 valence electrons. The minimum absolute atomic E-state index is 0.494. The van der Waals surface area contributed by atoms with Crippen LogP contribution in [-0.4, -0.2) is 47.1 Å². The Labute approximate surface area is 103 Å². The lowest BCUT2D eigenvalue weighted by atomic mass is 10.2. The van der Waals surface area contributed by atoms with Crippen molar-refractivity contribution in [2.75, 3.05) is 36.8 Å². The van der Waals surface area contributed by atoms with Crippen molar-refractivity contribution in [3.63, 3.8) is 0 Å². The lowest BCUT2D eigenvalue weighted by Gasteiger charge is -2.26. The van der Waals surface area contributed by atoms with Crippen LogP contribution in [0.25, 0.3) is 0 Å². The normalized spacial score (nSPS) is 20.2. The molecule has 0 saturated carbocycles.